The van der Waals surface area contributed by atoms with E-state index in [0.717, 1.165) is 5.56 Å². The summed E-state index contributed by atoms with van der Waals surface area (Å²) in [5.74, 6) is -0.309. The van der Waals surface area contributed by atoms with Crippen molar-refractivity contribution in [2.75, 3.05) is 0 Å². The van der Waals surface area contributed by atoms with E-state index in [9.17, 15) is 14.9 Å². The van der Waals surface area contributed by atoms with Crippen molar-refractivity contribution in [2.24, 2.45) is 5.10 Å². The molecule has 0 radical (unpaired) electrons. The molecule has 2 atom stereocenters. The number of nitro benzene ring substituents is 1. The number of amides is 1. The molecule has 1 fully saturated rings. The summed E-state index contributed by atoms with van der Waals surface area (Å²) < 4.78 is 0. The molecule has 0 saturated carbocycles. The van der Waals surface area contributed by atoms with Crippen LogP contribution in [0.25, 0.3) is 0 Å². The Morgan fingerprint density at radius 1 is 1.19 bits per heavy atom. The average Bonchev–Trinajstić information content (AvgIpc) is 3.11. The molecule has 140 valence electrons. The first kappa shape index (κ1) is 19.2. The van der Waals surface area contributed by atoms with Gasteiger partial charge >= 0.3 is 0 Å². The maximum atomic E-state index is 12.2. The fourth-order valence-electron chi connectivity index (χ4n) is 2.65. The van der Waals surface area contributed by atoms with E-state index < -0.39 is 11.0 Å². The molecule has 8 nitrogen and oxygen atoms in total. The number of nitrogens with zero attached hydrogens (tertiary/aromatic N) is 2. The molecule has 10 heteroatoms. The second-order valence-electron chi connectivity index (χ2n) is 5.92. The van der Waals surface area contributed by atoms with Crippen molar-refractivity contribution < 1.29 is 9.72 Å². The second kappa shape index (κ2) is 8.45. The van der Waals surface area contributed by atoms with Crippen molar-refractivity contribution in [3.8, 4) is 0 Å². The largest absolute Gasteiger partial charge is 0.271 e. The Kier molecular flexibility index (Phi) is 6.02. The van der Waals surface area contributed by atoms with Crippen molar-refractivity contribution in [2.45, 2.75) is 18.5 Å². The van der Waals surface area contributed by atoms with Gasteiger partial charge in [-0.2, -0.15) is 5.10 Å². The zero-order valence-electron chi connectivity index (χ0n) is 13.9. The predicted molar refractivity (Wildman–Crippen MR) is 103 cm³/mol. The van der Waals surface area contributed by atoms with Gasteiger partial charge in [0.1, 0.15) is 6.04 Å². The van der Waals surface area contributed by atoms with Gasteiger partial charge in [0.15, 0.2) is 0 Å². The Bertz CT molecular complexity index is 868. The summed E-state index contributed by atoms with van der Waals surface area (Å²) in [5, 5.41) is 15.6. The number of carbonyl (C=O) groups is 1. The van der Waals surface area contributed by atoms with Crippen LogP contribution in [-0.2, 0) is 4.79 Å². The van der Waals surface area contributed by atoms with E-state index in [2.05, 4.69) is 21.4 Å². The van der Waals surface area contributed by atoms with Crippen molar-refractivity contribution in [3.05, 3.63) is 73.8 Å². The Morgan fingerprint density at radius 2 is 1.85 bits per heavy atom. The fraction of sp³-hybridized carbons (Fsp3) is 0.176. The molecule has 3 rings (SSSR count). The van der Waals surface area contributed by atoms with Gasteiger partial charge in [0.25, 0.3) is 11.6 Å². The third-order valence-electron chi connectivity index (χ3n) is 4.00. The number of hydrazine groups is 1. The highest BCUT2D eigenvalue weighted by Gasteiger charge is 2.30. The van der Waals surface area contributed by atoms with Crippen LogP contribution in [0.1, 0.15) is 23.6 Å². The summed E-state index contributed by atoms with van der Waals surface area (Å²) in [5.41, 5.74) is 9.90. The van der Waals surface area contributed by atoms with Gasteiger partial charge in [-0.05, 0) is 47.9 Å². The molecule has 0 aliphatic carbocycles. The number of non-ortho nitro benzene ring substituents is 1. The molecule has 0 spiro atoms. The monoisotopic (exact) mass is 407 g/mol. The lowest BCUT2D eigenvalue weighted by Crippen LogP contribution is -2.41. The number of halogens is 2. The number of rotatable bonds is 5. The minimum absolute atomic E-state index is 0.00965. The van der Waals surface area contributed by atoms with Crippen LogP contribution in [0.5, 0.6) is 0 Å². The average molecular weight is 408 g/mol. The van der Waals surface area contributed by atoms with Crippen LogP contribution in [0.4, 0.5) is 5.69 Å². The molecule has 0 bridgehead atoms. The van der Waals surface area contributed by atoms with E-state index in [1.807, 2.05) is 0 Å². The van der Waals surface area contributed by atoms with Gasteiger partial charge in [-0.3, -0.25) is 14.9 Å². The minimum Gasteiger partial charge on any atom is -0.271 e. The number of hydrazone groups is 1. The Hall–Kier alpha value is -2.52. The summed E-state index contributed by atoms with van der Waals surface area (Å²) in [4.78, 5) is 22.4. The molecule has 0 aromatic heterocycles. The quantitative estimate of drug-likeness (QED) is 0.401. The fourth-order valence-corrected chi connectivity index (χ4v) is 3.20. The van der Waals surface area contributed by atoms with E-state index in [0.29, 0.717) is 22.0 Å². The Labute approximate surface area is 164 Å². The van der Waals surface area contributed by atoms with E-state index in [1.165, 1.54) is 18.3 Å². The summed E-state index contributed by atoms with van der Waals surface area (Å²) in [6, 6.07) is 10.5. The first-order valence-corrected chi connectivity index (χ1v) is 8.72. The molecule has 1 aliphatic rings. The molecule has 1 heterocycles. The number of benzene rings is 2. The van der Waals surface area contributed by atoms with E-state index in [4.69, 9.17) is 23.2 Å². The number of carbonyl (C=O) groups excluding carboxylic acids is 1. The minimum atomic E-state index is -0.484. The zero-order valence-corrected chi connectivity index (χ0v) is 15.4. The normalized spacial score (nSPS) is 19.3. The lowest BCUT2D eigenvalue weighted by molar-refractivity contribution is -0.384. The van der Waals surface area contributed by atoms with Gasteiger partial charge in [0, 0.05) is 28.2 Å². The highest BCUT2D eigenvalue weighted by Crippen LogP contribution is 2.28. The molecule has 3 N–H and O–H groups in total. The highest BCUT2D eigenvalue weighted by atomic mass is 35.5. The summed E-state index contributed by atoms with van der Waals surface area (Å²) in [6.45, 7) is 0. The molecule has 2 aromatic rings. The highest BCUT2D eigenvalue weighted by molar-refractivity contribution is 6.34. The third kappa shape index (κ3) is 5.01. The van der Waals surface area contributed by atoms with Crippen molar-refractivity contribution >= 4 is 41.0 Å². The van der Waals surface area contributed by atoms with Crippen LogP contribution in [0, 0.1) is 10.1 Å². The second-order valence-corrected chi connectivity index (χ2v) is 6.79. The first-order valence-electron chi connectivity index (χ1n) is 7.97. The van der Waals surface area contributed by atoms with Gasteiger partial charge < -0.3 is 0 Å². The SMILES string of the molecule is O=C(N/N=C/c1ccc([N+](=O)[O-])cc1)C1CC(c2cc(Cl)cc(Cl)c2)NN1. The number of nitrogens with one attached hydrogen (secondary N) is 3. The molecule has 1 saturated heterocycles. The van der Waals surface area contributed by atoms with E-state index >= 15 is 0 Å². The Morgan fingerprint density at radius 3 is 2.48 bits per heavy atom. The summed E-state index contributed by atoms with van der Waals surface area (Å²) in [6.07, 6.45) is 1.91. The molecule has 2 aromatic carbocycles. The van der Waals surface area contributed by atoms with Gasteiger partial charge in [0.05, 0.1) is 11.1 Å². The van der Waals surface area contributed by atoms with Crippen molar-refractivity contribution in [3.63, 3.8) is 0 Å². The van der Waals surface area contributed by atoms with Crippen LogP contribution in [0.15, 0.2) is 47.6 Å². The third-order valence-corrected chi connectivity index (χ3v) is 4.44. The van der Waals surface area contributed by atoms with Crippen LogP contribution in [0.3, 0.4) is 0 Å². The van der Waals surface area contributed by atoms with Gasteiger partial charge in [-0.25, -0.2) is 16.3 Å². The van der Waals surface area contributed by atoms with Crippen LogP contribution in [0.2, 0.25) is 10.0 Å². The standard InChI is InChI=1S/C17H15Cl2N5O3/c18-12-5-11(6-13(19)7-12)15-8-16(22-21-15)17(25)23-20-9-10-1-3-14(4-2-10)24(26)27/h1-7,9,15-16,21-22H,8H2,(H,23,25)/b20-9+. The molecular weight excluding hydrogens is 393 g/mol. The smallest absolute Gasteiger partial charge is 0.269 e. The number of hydrogen-bond donors (Lipinski definition) is 3. The van der Waals surface area contributed by atoms with Crippen LogP contribution in [-0.4, -0.2) is 23.1 Å². The molecular formula is C17H15Cl2N5O3. The van der Waals surface area contributed by atoms with E-state index in [1.54, 1.807) is 30.3 Å². The molecule has 1 amide bonds. The number of nitro groups is 1. The van der Waals surface area contributed by atoms with Gasteiger partial charge in [-0.1, -0.05) is 23.2 Å². The van der Waals surface area contributed by atoms with Gasteiger partial charge in [-0.15, -0.1) is 0 Å². The van der Waals surface area contributed by atoms with Crippen molar-refractivity contribution in [1.29, 1.82) is 0 Å². The topological polar surface area (TPSA) is 109 Å². The van der Waals surface area contributed by atoms with Crippen LogP contribution < -0.4 is 16.3 Å². The lowest BCUT2D eigenvalue weighted by Gasteiger charge is -2.10. The zero-order chi connectivity index (χ0) is 19.4. The maximum Gasteiger partial charge on any atom is 0.269 e. The molecule has 27 heavy (non-hydrogen) atoms. The van der Waals surface area contributed by atoms with Crippen LogP contribution >= 0.6 is 23.2 Å². The molecule has 2 unspecified atom stereocenters. The number of hydrogen-bond acceptors (Lipinski definition) is 6. The lowest BCUT2D eigenvalue weighted by atomic mass is 10.0. The maximum absolute atomic E-state index is 12.2. The van der Waals surface area contributed by atoms with E-state index in [-0.39, 0.29) is 17.6 Å². The Balaban J connectivity index is 1.55. The predicted octanol–water partition coefficient (Wildman–Crippen LogP) is 2.96. The summed E-state index contributed by atoms with van der Waals surface area (Å²) >= 11 is 12.0. The first-order chi connectivity index (χ1) is 12.9. The van der Waals surface area contributed by atoms with Crippen molar-refractivity contribution in [1.82, 2.24) is 16.3 Å². The summed E-state index contributed by atoms with van der Waals surface area (Å²) in [7, 11) is 0. The molecule has 1 aliphatic heterocycles. The van der Waals surface area contributed by atoms with Gasteiger partial charge in [0.2, 0.25) is 0 Å².